The first-order valence-electron chi connectivity index (χ1n) is 9.95. The van der Waals surface area contributed by atoms with E-state index in [-0.39, 0.29) is 26.4 Å². The minimum atomic E-state index is -4.54. The Morgan fingerprint density at radius 1 is 1.14 bits per heavy atom. The minimum absolute atomic E-state index is 0.00665. The van der Waals surface area contributed by atoms with Crippen molar-refractivity contribution in [2.45, 2.75) is 32.6 Å². The molecule has 2 heterocycles. The summed E-state index contributed by atoms with van der Waals surface area (Å²) in [5, 5.41) is 7.72. The van der Waals surface area contributed by atoms with Crippen molar-refractivity contribution in [3.05, 3.63) is 49.8 Å². The maximum atomic E-state index is 13.2. The molecule has 0 aliphatic heterocycles. The first kappa shape index (κ1) is 27.1. The molecule has 0 radical (unpaired) electrons. The molecule has 35 heavy (non-hydrogen) atoms. The Balaban J connectivity index is 2.02. The van der Waals surface area contributed by atoms with E-state index in [9.17, 15) is 26.2 Å². The van der Waals surface area contributed by atoms with E-state index in [1.54, 1.807) is 26.8 Å². The molecule has 0 aliphatic rings. The van der Waals surface area contributed by atoms with Crippen molar-refractivity contribution in [3.8, 4) is 0 Å². The Hall–Kier alpha value is -2.49. The van der Waals surface area contributed by atoms with Crippen molar-refractivity contribution in [1.29, 1.82) is 0 Å². The van der Waals surface area contributed by atoms with Gasteiger partial charge in [0.15, 0.2) is 5.69 Å². The van der Waals surface area contributed by atoms with Gasteiger partial charge in [0.25, 0.3) is 21.8 Å². The Morgan fingerprint density at radius 2 is 1.77 bits per heavy atom. The third-order valence-electron chi connectivity index (χ3n) is 5.43. The molecule has 0 unspecified atom stereocenters. The van der Waals surface area contributed by atoms with Crippen molar-refractivity contribution in [2.75, 3.05) is 24.1 Å². The van der Waals surface area contributed by atoms with Crippen LogP contribution in [0.5, 0.6) is 0 Å². The van der Waals surface area contributed by atoms with Crippen LogP contribution in [0.2, 0.25) is 5.02 Å². The van der Waals surface area contributed by atoms with E-state index in [0.29, 0.717) is 28.1 Å². The van der Waals surface area contributed by atoms with Gasteiger partial charge in [-0.05, 0) is 50.8 Å². The Morgan fingerprint density at radius 3 is 2.31 bits per heavy atom. The SMILES string of the molecule is Cc1cc(C)c([N+](C)(C)S(=O)(=O)O)c(C)c1NC(=O)c1sccc1S(=O)(=O)Nc1onc(C)c1Cl. The molecule has 3 rings (SSSR count). The van der Waals surface area contributed by atoms with Gasteiger partial charge in [0.05, 0.1) is 19.8 Å². The molecular weight excluding hydrogens is 540 g/mol. The van der Waals surface area contributed by atoms with Crippen molar-refractivity contribution < 1.29 is 30.7 Å². The van der Waals surface area contributed by atoms with E-state index in [2.05, 4.69) is 15.2 Å². The third-order valence-corrected chi connectivity index (χ3v) is 9.62. The molecular formula is C20H24ClN4O7S3+. The molecule has 1 aromatic carbocycles. The van der Waals surface area contributed by atoms with Gasteiger partial charge in [-0.15, -0.1) is 19.8 Å². The van der Waals surface area contributed by atoms with E-state index in [0.717, 1.165) is 11.3 Å². The number of nitrogens with zero attached hydrogens (tertiary/aromatic N) is 2. The predicted octanol–water partition coefficient (Wildman–Crippen LogP) is 4.05. The van der Waals surface area contributed by atoms with E-state index in [1.807, 2.05) is 0 Å². The number of anilines is 2. The maximum Gasteiger partial charge on any atom is 0.437 e. The molecule has 11 nitrogen and oxygen atoms in total. The number of carbonyl (C=O) groups excluding carboxylic acids is 1. The summed E-state index contributed by atoms with van der Waals surface area (Å²) in [6.45, 7) is 6.56. The second-order valence-corrected chi connectivity index (χ2v) is 13.0. The van der Waals surface area contributed by atoms with Gasteiger partial charge in [-0.1, -0.05) is 16.8 Å². The summed E-state index contributed by atoms with van der Waals surface area (Å²) in [6, 6.07) is 2.93. The van der Waals surface area contributed by atoms with E-state index in [4.69, 9.17) is 16.1 Å². The Bertz CT molecular complexity index is 1540. The van der Waals surface area contributed by atoms with Crippen LogP contribution in [0, 0.1) is 27.7 Å². The molecule has 1 amide bonds. The normalized spacial score (nSPS) is 12.6. The summed E-state index contributed by atoms with van der Waals surface area (Å²) in [6.07, 6.45) is 0. The van der Waals surface area contributed by atoms with Crippen LogP contribution in [0.15, 0.2) is 26.9 Å². The van der Waals surface area contributed by atoms with Crippen LogP contribution in [0.4, 0.5) is 17.3 Å². The molecule has 0 spiro atoms. The van der Waals surface area contributed by atoms with Crippen LogP contribution in [-0.4, -0.2) is 46.5 Å². The van der Waals surface area contributed by atoms with Crippen LogP contribution in [-0.2, 0) is 20.3 Å². The van der Waals surface area contributed by atoms with E-state index in [1.165, 1.54) is 32.5 Å². The van der Waals surface area contributed by atoms with Crippen molar-refractivity contribution >= 4 is 66.4 Å². The lowest BCUT2D eigenvalue weighted by Gasteiger charge is -2.29. The number of benzene rings is 1. The molecule has 3 aromatic rings. The maximum absolute atomic E-state index is 13.2. The van der Waals surface area contributed by atoms with Gasteiger partial charge in [0.1, 0.15) is 20.5 Å². The summed E-state index contributed by atoms with van der Waals surface area (Å²) in [5.41, 5.74) is 2.47. The second-order valence-electron chi connectivity index (χ2n) is 8.24. The fraction of sp³-hybridized carbons (Fsp3) is 0.300. The zero-order valence-corrected chi connectivity index (χ0v) is 22.8. The standard InChI is InChI=1S/C20H23ClN4O7S3/c1-10-9-11(2)17(25(5,6)35(29,30)31)12(3)16(10)22-19(26)18-14(7-8-33-18)34(27,28)24-20-15(21)13(4)23-32-20/h7-9H,1-6H3,(H2-,22,23,24,26,29,30,31)/p+1. The van der Waals surface area contributed by atoms with Crippen LogP contribution < -0.4 is 13.9 Å². The number of sulfonamides is 1. The van der Waals surface area contributed by atoms with Gasteiger partial charge in [0.2, 0.25) is 0 Å². The fourth-order valence-electron chi connectivity index (χ4n) is 3.76. The van der Waals surface area contributed by atoms with Crippen LogP contribution in [0.1, 0.15) is 32.1 Å². The van der Waals surface area contributed by atoms with Gasteiger partial charge in [-0.3, -0.25) is 4.79 Å². The number of aromatic nitrogens is 1. The molecule has 0 saturated heterocycles. The summed E-state index contributed by atoms with van der Waals surface area (Å²) >= 11 is 6.90. The highest BCUT2D eigenvalue weighted by Crippen LogP contribution is 2.38. The highest BCUT2D eigenvalue weighted by atomic mass is 35.5. The number of amides is 1. The van der Waals surface area contributed by atoms with Crippen molar-refractivity contribution in [2.24, 2.45) is 0 Å². The monoisotopic (exact) mass is 563 g/mol. The largest absolute Gasteiger partial charge is 0.437 e. The molecule has 3 N–H and O–H groups in total. The Labute approximate surface area is 212 Å². The van der Waals surface area contributed by atoms with Crippen molar-refractivity contribution in [1.82, 2.24) is 9.05 Å². The highest BCUT2D eigenvalue weighted by Gasteiger charge is 2.38. The average molecular weight is 564 g/mol. The molecule has 190 valence electrons. The van der Waals surface area contributed by atoms with E-state index >= 15 is 0 Å². The molecule has 0 saturated carbocycles. The lowest BCUT2D eigenvalue weighted by molar-refractivity contribution is 0.102. The van der Waals surface area contributed by atoms with Crippen LogP contribution in [0.3, 0.4) is 0 Å². The van der Waals surface area contributed by atoms with Crippen LogP contribution >= 0.6 is 22.9 Å². The van der Waals surface area contributed by atoms with Gasteiger partial charge >= 0.3 is 10.3 Å². The lowest BCUT2D eigenvalue weighted by atomic mass is 10.0. The lowest BCUT2D eigenvalue weighted by Crippen LogP contribution is -2.47. The number of nitrogens with one attached hydrogen (secondary N) is 2. The molecule has 0 atom stereocenters. The van der Waals surface area contributed by atoms with Crippen LogP contribution in [0.25, 0.3) is 0 Å². The average Bonchev–Trinajstić information content (AvgIpc) is 3.33. The first-order chi connectivity index (χ1) is 16.0. The number of hydrogen-bond donors (Lipinski definition) is 3. The summed E-state index contributed by atoms with van der Waals surface area (Å²) in [5.74, 6) is -1.000. The van der Waals surface area contributed by atoms with E-state index < -0.39 is 30.1 Å². The zero-order valence-electron chi connectivity index (χ0n) is 19.6. The van der Waals surface area contributed by atoms with Gasteiger partial charge in [-0.2, -0.15) is 3.89 Å². The summed E-state index contributed by atoms with van der Waals surface area (Å²) in [7, 11) is -6.20. The first-order valence-corrected chi connectivity index (χ1v) is 14.1. The fourth-order valence-corrected chi connectivity index (χ4v) is 6.76. The smallest absolute Gasteiger partial charge is 0.336 e. The number of rotatable bonds is 7. The summed E-state index contributed by atoms with van der Waals surface area (Å²) in [4.78, 5) is 12.8. The number of thiophene rings is 1. The summed E-state index contributed by atoms with van der Waals surface area (Å²) < 4.78 is 66.0. The molecule has 2 aromatic heterocycles. The van der Waals surface area contributed by atoms with Gasteiger partial charge < -0.3 is 9.84 Å². The predicted molar refractivity (Wildman–Crippen MR) is 135 cm³/mol. The number of quaternary nitrogens is 1. The third kappa shape index (κ3) is 4.94. The molecule has 0 bridgehead atoms. The number of hydrogen-bond acceptors (Lipinski definition) is 8. The highest BCUT2D eigenvalue weighted by molar-refractivity contribution is 7.93. The Kier molecular flexibility index (Phi) is 7.11. The molecule has 15 heteroatoms. The second kappa shape index (κ2) is 9.19. The number of halogens is 1. The topological polar surface area (TPSA) is 156 Å². The molecule has 0 aliphatic carbocycles. The zero-order chi connectivity index (χ0) is 26.5. The number of aryl methyl sites for hydroxylation is 3. The van der Waals surface area contributed by atoms with Gasteiger partial charge in [0, 0.05) is 11.1 Å². The van der Waals surface area contributed by atoms with Gasteiger partial charge in [-0.25, -0.2) is 17.7 Å². The quantitative estimate of drug-likeness (QED) is 0.287. The minimum Gasteiger partial charge on any atom is -0.336 e. The molecule has 0 fully saturated rings. The number of carbonyl (C=O) groups is 1. The van der Waals surface area contributed by atoms with Crippen molar-refractivity contribution in [3.63, 3.8) is 0 Å².